The Labute approximate surface area is 148 Å². The summed E-state index contributed by atoms with van der Waals surface area (Å²) in [6.07, 6.45) is 0.941. The van der Waals surface area contributed by atoms with Gasteiger partial charge in [0.1, 0.15) is 0 Å². The van der Waals surface area contributed by atoms with Crippen LogP contribution in [0, 0.1) is 15.5 Å². The number of para-hydroxylation sites is 1. The van der Waals surface area contributed by atoms with E-state index in [1.165, 1.54) is 12.1 Å². The Morgan fingerprint density at radius 2 is 1.96 bits per heavy atom. The van der Waals surface area contributed by atoms with Crippen LogP contribution in [0.2, 0.25) is 0 Å². The zero-order valence-electron chi connectivity index (χ0n) is 13.5. The largest absolute Gasteiger partial charge is 0.293 e. The molecule has 0 amide bonds. The molecule has 1 N–H and O–H groups in total. The van der Waals surface area contributed by atoms with Gasteiger partial charge < -0.3 is 0 Å². The predicted molar refractivity (Wildman–Crippen MR) is 92.5 cm³/mol. The zero-order valence-corrected chi connectivity index (χ0v) is 15.1. The highest BCUT2D eigenvalue weighted by Crippen LogP contribution is 2.39. The van der Waals surface area contributed by atoms with Gasteiger partial charge in [-0.2, -0.15) is 0 Å². The number of hydrogen-bond donors (Lipinski definition) is 1. The first-order valence-electron chi connectivity index (χ1n) is 7.38. The first kappa shape index (κ1) is 17.5. The molecule has 0 radical (unpaired) electrons. The normalized spacial score (nSPS) is 16.3. The molecule has 2 aromatic rings. The number of fused-ring (bicyclic) bond motifs is 1. The van der Waals surface area contributed by atoms with Gasteiger partial charge in [0, 0.05) is 12.5 Å². The van der Waals surface area contributed by atoms with Gasteiger partial charge in [-0.15, -0.1) is 0 Å². The summed E-state index contributed by atoms with van der Waals surface area (Å²) >= 11 is 0.959. The summed E-state index contributed by atoms with van der Waals surface area (Å²) in [4.78, 5) is 26.7. The molecule has 1 aromatic carbocycles. The van der Waals surface area contributed by atoms with Gasteiger partial charge in [-0.25, -0.2) is 13.4 Å². The number of benzene rings is 1. The van der Waals surface area contributed by atoms with Gasteiger partial charge in [-0.1, -0.05) is 37.3 Å². The topological polar surface area (TPSA) is 119 Å². The first-order valence-corrected chi connectivity index (χ1v) is 9.68. The average molecular weight is 381 g/mol. The van der Waals surface area contributed by atoms with Crippen molar-refractivity contribution in [1.29, 1.82) is 0 Å². The molecule has 1 aliphatic rings. The van der Waals surface area contributed by atoms with E-state index in [-0.39, 0.29) is 16.3 Å². The molecule has 1 aromatic heterocycles. The van der Waals surface area contributed by atoms with Crippen LogP contribution in [0.1, 0.15) is 35.6 Å². The fraction of sp³-hybridized carbons (Fsp3) is 0.333. The molecular formula is C15H15N3O5S2. The van der Waals surface area contributed by atoms with Crippen LogP contribution in [0.5, 0.6) is 0 Å². The van der Waals surface area contributed by atoms with Crippen LogP contribution in [-0.2, 0) is 16.4 Å². The van der Waals surface area contributed by atoms with Crippen LogP contribution in [0.15, 0.2) is 29.2 Å². The number of sulfonamides is 1. The predicted octanol–water partition coefficient (Wildman–Crippen LogP) is 3.01. The van der Waals surface area contributed by atoms with Crippen LogP contribution in [0.25, 0.3) is 0 Å². The molecule has 0 atom stereocenters. The molecule has 0 unspecified atom stereocenters. The second kappa shape index (κ2) is 5.88. The summed E-state index contributed by atoms with van der Waals surface area (Å²) in [6.45, 7) is 3.90. The van der Waals surface area contributed by atoms with E-state index in [4.69, 9.17) is 0 Å². The highest BCUT2D eigenvalue weighted by Gasteiger charge is 2.35. The van der Waals surface area contributed by atoms with Crippen LogP contribution < -0.4 is 4.72 Å². The lowest BCUT2D eigenvalue weighted by Crippen LogP contribution is -2.26. The minimum absolute atomic E-state index is 0.0363. The Kier molecular flexibility index (Phi) is 4.12. The van der Waals surface area contributed by atoms with E-state index in [1.54, 1.807) is 0 Å². The van der Waals surface area contributed by atoms with Crippen LogP contribution >= 0.6 is 11.3 Å². The molecule has 3 rings (SSSR count). The summed E-state index contributed by atoms with van der Waals surface area (Å²) in [5.74, 6) is -0.0695. The Morgan fingerprint density at radius 3 is 2.64 bits per heavy atom. The molecule has 1 heterocycles. The van der Waals surface area contributed by atoms with Crippen LogP contribution in [-0.4, -0.2) is 24.1 Å². The standard InChI is InChI=1S/C15H15N3O5S2/c1-15(2)7-9-13(11(19)8-15)24-14(16-9)17-25(22,23)12-6-4-3-5-10(12)18(20)21/h3-6H,7-8H2,1-2H3,(H,16,17). The highest BCUT2D eigenvalue weighted by atomic mass is 32.2. The summed E-state index contributed by atoms with van der Waals surface area (Å²) < 4.78 is 27.3. The third-order valence-electron chi connectivity index (χ3n) is 3.81. The summed E-state index contributed by atoms with van der Waals surface area (Å²) in [5, 5.41) is 11.1. The molecule has 1 aliphatic carbocycles. The van der Waals surface area contributed by atoms with Crippen LogP contribution in [0.3, 0.4) is 0 Å². The molecule has 25 heavy (non-hydrogen) atoms. The lowest BCUT2D eigenvalue weighted by molar-refractivity contribution is -0.387. The number of ketones is 1. The van der Waals surface area contributed by atoms with Gasteiger partial charge in [-0.3, -0.25) is 19.6 Å². The minimum atomic E-state index is -4.19. The number of aromatic nitrogens is 1. The number of Topliss-reactive ketones (excluding diaryl/α,β-unsaturated/α-hetero) is 1. The number of nitro benzene ring substituents is 1. The van der Waals surface area contributed by atoms with Crippen molar-refractivity contribution in [3.05, 3.63) is 45.0 Å². The van der Waals surface area contributed by atoms with E-state index in [0.29, 0.717) is 23.4 Å². The monoisotopic (exact) mass is 381 g/mol. The Hall–Kier alpha value is -2.33. The fourth-order valence-corrected chi connectivity index (χ4v) is 5.10. The summed E-state index contributed by atoms with van der Waals surface area (Å²) in [5.41, 5.74) is -0.188. The van der Waals surface area contributed by atoms with Gasteiger partial charge in [0.25, 0.3) is 15.7 Å². The van der Waals surface area contributed by atoms with E-state index in [9.17, 15) is 23.3 Å². The van der Waals surface area contributed by atoms with Crippen molar-refractivity contribution >= 4 is 38.0 Å². The second-order valence-corrected chi connectivity index (χ2v) is 9.22. The van der Waals surface area contributed by atoms with Gasteiger partial charge in [0.2, 0.25) is 0 Å². The van der Waals surface area contributed by atoms with Crippen molar-refractivity contribution in [2.45, 2.75) is 31.6 Å². The Bertz CT molecular complexity index is 979. The third kappa shape index (κ3) is 3.40. The van der Waals surface area contributed by atoms with Crippen molar-refractivity contribution in [3.8, 4) is 0 Å². The maximum atomic E-state index is 12.5. The summed E-state index contributed by atoms with van der Waals surface area (Å²) in [6, 6.07) is 5.07. The number of rotatable bonds is 4. The average Bonchev–Trinajstić information content (AvgIpc) is 2.87. The van der Waals surface area contributed by atoms with Crippen molar-refractivity contribution in [3.63, 3.8) is 0 Å². The molecule has 0 bridgehead atoms. The number of hydrogen-bond acceptors (Lipinski definition) is 7. The zero-order chi connectivity index (χ0) is 18.4. The molecule has 132 valence electrons. The van der Waals surface area contributed by atoms with E-state index in [2.05, 4.69) is 9.71 Å². The molecule has 10 heteroatoms. The molecule has 0 saturated heterocycles. The second-order valence-electron chi connectivity index (χ2n) is 6.57. The van der Waals surface area contributed by atoms with Crippen molar-refractivity contribution in [2.24, 2.45) is 5.41 Å². The van der Waals surface area contributed by atoms with Gasteiger partial charge in [-0.05, 0) is 17.9 Å². The molecule has 0 fully saturated rings. The number of carbonyl (C=O) groups is 1. The van der Waals surface area contributed by atoms with Gasteiger partial charge in [0.05, 0.1) is 15.5 Å². The number of anilines is 1. The highest BCUT2D eigenvalue weighted by molar-refractivity contribution is 7.93. The SMILES string of the molecule is CC1(C)CC(=O)c2sc(NS(=O)(=O)c3ccccc3[N+](=O)[O-])nc2C1. The van der Waals surface area contributed by atoms with Crippen molar-refractivity contribution < 1.29 is 18.1 Å². The van der Waals surface area contributed by atoms with E-state index >= 15 is 0 Å². The number of nitrogens with one attached hydrogen (secondary N) is 1. The van der Waals surface area contributed by atoms with Crippen molar-refractivity contribution in [1.82, 2.24) is 4.98 Å². The van der Waals surface area contributed by atoms with E-state index in [1.807, 2.05) is 13.8 Å². The number of nitrogens with zero attached hydrogens (tertiary/aromatic N) is 2. The lowest BCUT2D eigenvalue weighted by Gasteiger charge is -2.26. The minimum Gasteiger partial charge on any atom is -0.293 e. The molecule has 0 saturated carbocycles. The number of thiazole rings is 1. The first-order chi connectivity index (χ1) is 11.6. The quantitative estimate of drug-likeness (QED) is 0.642. The Balaban J connectivity index is 1.96. The molecule has 0 aliphatic heterocycles. The Morgan fingerprint density at radius 1 is 1.28 bits per heavy atom. The summed E-state index contributed by atoms with van der Waals surface area (Å²) in [7, 11) is -4.19. The van der Waals surface area contributed by atoms with E-state index in [0.717, 1.165) is 23.5 Å². The maximum absolute atomic E-state index is 12.5. The smallest absolute Gasteiger partial charge is 0.289 e. The third-order valence-corrected chi connectivity index (χ3v) is 6.38. The van der Waals surface area contributed by atoms with E-state index < -0.39 is 25.5 Å². The van der Waals surface area contributed by atoms with Gasteiger partial charge >= 0.3 is 0 Å². The number of nitro groups is 1. The molecule has 0 spiro atoms. The molecular weight excluding hydrogens is 366 g/mol. The van der Waals surface area contributed by atoms with Gasteiger partial charge in [0.15, 0.2) is 15.8 Å². The lowest BCUT2D eigenvalue weighted by atomic mass is 9.78. The number of carbonyl (C=O) groups excluding carboxylic acids is 1. The fourth-order valence-electron chi connectivity index (χ4n) is 2.77. The maximum Gasteiger partial charge on any atom is 0.289 e. The van der Waals surface area contributed by atoms with Crippen molar-refractivity contribution in [2.75, 3.05) is 4.72 Å². The molecule has 8 nitrogen and oxygen atoms in total. The van der Waals surface area contributed by atoms with Crippen LogP contribution in [0.4, 0.5) is 10.8 Å².